The minimum atomic E-state index is -0.336. The van der Waals surface area contributed by atoms with Crippen LogP contribution in [0.2, 0.25) is 0 Å². The number of piperazine rings is 1. The van der Waals surface area contributed by atoms with E-state index in [9.17, 15) is 9.18 Å². The van der Waals surface area contributed by atoms with Crippen LogP contribution in [0.3, 0.4) is 0 Å². The summed E-state index contributed by atoms with van der Waals surface area (Å²) < 4.78 is 18.4. The maximum absolute atomic E-state index is 13.0. The Bertz CT molecular complexity index is 787. The van der Waals surface area contributed by atoms with Crippen molar-refractivity contribution >= 4 is 17.4 Å². The number of ether oxygens (including phenoxy) is 1. The maximum atomic E-state index is 13.0. The van der Waals surface area contributed by atoms with E-state index in [0.29, 0.717) is 31.9 Å². The van der Waals surface area contributed by atoms with Crippen molar-refractivity contribution in [2.45, 2.75) is 0 Å². The first-order chi connectivity index (χ1) is 13.2. The zero-order valence-corrected chi connectivity index (χ0v) is 15.1. The zero-order valence-electron chi connectivity index (χ0n) is 15.1. The van der Waals surface area contributed by atoms with Crippen LogP contribution in [0.25, 0.3) is 0 Å². The van der Waals surface area contributed by atoms with Crippen molar-refractivity contribution in [3.8, 4) is 0 Å². The molecule has 4 rings (SSSR count). The average molecular weight is 371 g/mol. The number of hydrogen-bond donors (Lipinski definition) is 0. The average Bonchev–Trinajstić information content (AvgIpc) is 2.75. The molecule has 0 bridgehead atoms. The highest BCUT2D eigenvalue weighted by molar-refractivity contribution is 5.94. The van der Waals surface area contributed by atoms with Gasteiger partial charge in [0.2, 0.25) is 0 Å². The monoisotopic (exact) mass is 371 g/mol. The maximum Gasteiger partial charge on any atom is 0.253 e. The first-order valence-electron chi connectivity index (χ1n) is 9.16. The second-order valence-electron chi connectivity index (χ2n) is 6.66. The van der Waals surface area contributed by atoms with Crippen molar-refractivity contribution in [1.29, 1.82) is 0 Å². The highest BCUT2D eigenvalue weighted by Crippen LogP contribution is 2.21. The number of nitrogens with zero attached hydrogens (tertiary/aromatic N) is 5. The molecule has 3 heterocycles. The summed E-state index contributed by atoms with van der Waals surface area (Å²) in [5, 5.41) is 8.40. The van der Waals surface area contributed by atoms with Gasteiger partial charge in [0.1, 0.15) is 5.82 Å². The smallest absolute Gasteiger partial charge is 0.253 e. The minimum absolute atomic E-state index is 0.0588. The molecule has 0 saturated carbocycles. The number of benzene rings is 1. The molecule has 1 amide bonds. The number of halogens is 1. The van der Waals surface area contributed by atoms with Crippen LogP contribution in [0.4, 0.5) is 15.9 Å². The van der Waals surface area contributed by atoms with Gasteiger partial charge >= 0.3 is 0 Å². The molecule has 0 spiro atoms. The Hall–Kier alpha value is -2.74. The van der Waals surface area contributed by atoms with Crippen LogP contribution in [0.15, 0.2) is 36.5 Å². The van der Waals surface area contributed by atoms with Gasteiger partial charge in [-0.05, 0) is 24.3 Å². The molecular weight excluding hydrogens is 349 g/mol. The summed E-state index contributed by atoms with van der Waals surface area (Å²) in [6.07, 6.45) is 1.77. The standard InChI is InChI=1S/C19H22FN5O2/c20-16-3-1-15(2-4-16)19(26)25-7-5-23(6-8-25)17-13-18(22-21-14-17)24-9-11-27-12-10-24/h1-4,13-14H,5-12H2. The molecule has 0 N–H and O–H groups in total. The lowest BCUT2D eigenvalue weighted by Crippen LogP contribution is -2.49. The zero-order chi connectivity index (χ0) is 18.6. The number of anilines is 2. The Morgan fingerprint density at radius 3 is 2.37 bits per heavy atom. The SMILES string of the molecule is O=C(c1ccc(F)cc1)N1CCN(c2cnnc(N3CCOCC3)c2)CC1. The Morgan fingerprint density at radius 1 is 0.963 bits per heavy atom. The van der Waals surface area contributed by atoms with Gasteiger partial charge < -0.3 is 19.4 Å². The molecule has 2 aliphatic heterocycles. The molecular formula is C19H22FN5O2. The van der Waals surface area contributed by atoms with Crippen LogP contribution >= 0.6 is 0 Å². The molecule has 1 aromatic carbocycles. The van der Waals surface area contributed by atoms with Gasteiger partial charge in [0.05, 0.1) is 25.1 Å². The van der Waals surface area contributed by atoms with Gasteiger partial charge in [0.15, 0.2) is 5.82 Å². The van der Waals surface area contributed by atoms with E-state index in [-0.39, 0.29) is 11.7 Å². The topological polar surface area (TPSA) is 61.8 Å². The quantitative estimate of drug-likeness (QED) is 0.813. The lowest BCUT2D eigenvalue weighted by Gasteiger charge is -2.36. The van der Waals surface area contributed by atoms with Crippen molar-refractivity contribution in [2.75, 3.05) is 62.3 Å². The van der Waals surface area contributed by atoms with E-state index < -0.39 is 0 Å². The van der Waals surface area contributed by atoms with Gasteiger partial charge in [-0.3, -0.25) is 4.79 Å². The first kappa shape index (κ1) is 17.7. The Morgan fingerprint density at radius 2 is 1.67 bits per heavy atom. The summed E-state index contributed by atoms with van der Waals surface area (Å²) in [7, 11) is 0. The molecule has 7 nitrogen and oxygen atoms in total. The third-order valence-electron chi connectivity index (χ3n) is 4.99. The fraction of sp³-hybridized carbons (Fsp3) is 0.421. The van der Waals surface area contributed by atoms with Gasteiger partial charge in [0.25, 0.3) is 5.91 Å². The summed E-state index contributed by atoms with van der Waals surface area (Å²) in [6.45, 7) is 5.72. The number of morpholine rings is 1. The van der Waals surface area contributed by atoms with E-state index in [1.54, 1.807) is 11.1 Å². The number of amides is 1. The Balaban J connectivity index is 1.39. The second kappa shape index (κ2) is 7.87. The van der Waals surface area contributed by atoms with Crippen LogP contribution in [-0.2, 0) is 4.74 Å². The molecule has 2 aliphatic rings. The fourth-order valence-electron chi connectivity index (χ4n) is 3.41. The lowest BCUT2D eigenvalue weighted by atomic mass is 10.1. The molecule has 0 radical (unpaired) electrons. The second-order valence-corrected chi connectivity index (χ2v) is 6.66. The third-order valence-corrected chi connectivity index (χ3v) is 4.99. The van der Waals surface area contributed by atoms with Crippen LogP contribution in [0.5, 0.6) is 0 Å². The molecule has 2 fully saturated rings. The van der Waals surface area contributed by atoms with Gasteiger partial charge in [-0.2, -0.15) is 5.10 Å². The highest BCUT2D eigenvalue weighted by atomic mass is 19.1. The highest BCUT2D eigenvalue weighted by Gasteiger charge is 2.23. The van der Waals surface area contributed by atoms with Crippen LogP contribution in [0.1, 0.15) is 10.4 Å². The van der Waals surface area contributed by atoms with Crippen LogP contribution in [-0.4, -0.2) is 73.5 Å². The molecule has 2 aromatic rings. The Kier molecular flexibility index (Phi) is 5.15. The number of hydrogen-bond acceptors (Lipinski definition) is 6. The number of aromatic nitrogens is 2. The van der Waals surface area contributed by atoms with Crippen molar-refractivity contribution in [2.24, 2.45) is 0 Å². The Labute approximate surface area is 157 Å². The molecule has 8 heteroatoms. The minimum Gasteiger partial charge on any atom is -0.378 e. The molecule has 2 saturated heterocycles. The summed E-state index contributed by atoms with van der Waals surface area (Å²) in [5.74, 6) is 0.467. The summed E-state index contributed by atoms with van der Waals surface area (Å²) >= 11 is 0. The number of carbonyl (C=O) groups excluding carboxylic acids is 1. The normalized spacial score (nSPS) is 17.9. The van der Waals surface area contributed by atoms with E-state index in [1.807, 2.05) is 0 Å². The predicted octanol–water partition coefficient (Wildman–Crippen LogP) is 1.41. The van der Waals surface area contributed by atoms with E-state index in [2.05, 4.69) is 26.1 Å². The molecule has 142 valence electrons. The summed E-state index contributed by atoms with van der Waals surface area (Å²) in [5.41, 5.74) is 1.53. The van der Waals surface area contributed by atoms with Gasteiger partial charge in [-0.25, -0.2) is 4.39 Å². The van der Waals surface area contributed by atoms with Crippen molar-refractivity contribution in [3.05, 3.63) is 47.9 Å². The first-order valence-corrected chi connectivity index (χ1v) is 9.16. The largest absolute Gasteiger partial charge is 0.378 e. The van der Waals surface area contributed by atoms with Crippen molar-refractivity contribution < 1.29 is 13.9 Å². The van der Waals surface area contributed by atoms with E-state index in [1.165, 1.54) is 24.3 Å². The lowest BCUT2D eigenvalue weighted by molar-refractivity contribution is 0.0746. The van der Waals surface area contributed by atoms with E-state index in [4.69, 9.17) is 4.74 Å². The summed E-state index contributed by atoms with van der Waals surface area (Å²) in [4.78, 5) is 18.8. The third kappa shape index (κ3) is 4.00. The molecule has 1 aromatic heterocycles. The molecule has 0 unspecified atom stereocenters. The van der Waals surface area contributed by atoms with Gasteiger partial charge in [0, 0.05) is 50.9 Å². The summed E-state index contributed by atoms with van der Waals surface area (Å²) in [6, 6.07) is 7.76. The number of carbonyl (C=O) groups is 1. The van der Waals surface area contributed by atoms with E-state index >= 15 is 0 Å². The van der Waals surface area contributed by atoms with Crippen LogP contribution < -0.4 is 9.80 Å². The fourth-order valence-corrected chi connectivity index (χ4v) is 3.41. The predicted molar refractivity (Wildman–Crippen MR) is 99.6 cm³/mol. The molecule has 0 atom stereocenters. The van der Waals surface area contributed by atoms with Crippen molar-refractivity contribution in [1.82, 2.24) is 15.1 Å². The van der Waals surface area contributed by atoms with Crippen molar-refractivity contribution in [3.63, 3.8) is 0 Å². The van der Waals surface area contributed by atoms with Gasteiger partial charge in [-0.15, -0.1) is 5.10 Å². The van der Waals surface area contributed by atoms with Crippen LogP contribution in [0, 0.1) is 5.82 Å². The molecule has 0 aliphatic carbocycles. The molecule has 27 heavy (non-hydrogen) atoms. The number of rotatable bonds is 3. The van der Waals surface area contributed by atoms with E-state index in [0.717, 1.165) is 37.7 Å². The van der Waals surface area contributed by atoms with Gasteiger partial charge in [-0.1, -0.05) is 0 Å².